The van der Waals surface area contributed by atoms with Crippen molar-refractivity contribution in [2.75, 3.05) is 13.7 Å². The Morgan fingerprint density at radius 1 is 1.35 bits per heavy atom. The summed E-state index contributed by atoms with van der Waals surface area (Å²) in [5.41, 5.74) is 10.1. The first-order valence-electron chi connectivity index (χ1n) is 6.55. The molecule has 20 heavy (non-hydrogen) atoms. The quantitative estimate of drug-likeness (QED) is 0.802. The molecule has 0 radical (unpaired) electrons. The Hall–Kier alpha value is -1.85. The van der Waals surface area contributed by atoms with Crippen molar-refractivity contribution in [3.8, 4) is 17.0 Å². The number of methoxy groups -OCH3 is 1. The van der Waals surface area contributed by atoms with E-state index < -0.39 is 0 Å². The largest absolute Gasteiger partial charge is 0.496 e. The lowest BCUT2D eigenvalue weighted by atomic mass is 10.1. The Labute approximate surface area is 121 Å². The van der Waals surface area contributed by atoms with Gasteiger partial charge >= 0.3 is 0 Å². The summed E-state index contributed by atoms with van der Waals surface area (Å²) < 4.78 is 7.65. The predicted molar refractivity (Wildman–Crippen MR) is 82.6 cm³/mol. The lowest BCUT2D eigenvalue weighted by Crippen LogP contribution is -2.06. The normalized spacial score (nSPS) is 11.2. The number of benzene rings is 1. The van der Waals surface area contributed by atoms with Crippen LogP contribution in [0.2, 0.25) is 0 Å². The van der Waals surface area contributed by atoms with Crippen LogP contribution in [-0.4, -0.2) is 23.0 Å². The van der Waals surface area contributed by atoms with Gasteiger partial charge in [-0.1, -0.05) is 12.1 Å². The van der Waals surface area contributed by atoms with Crippen molar-refractivity contribution in [3.05, 3.63) is 41.0 Å². The second kappa shape index (κ2) is 5.26. The molecule has 0 saturated carbocycles. The summed E-state index contributed by atoms with van der Waals surface area (Å²) >= 11 is 1.65. The number of thiazole rings is 1. The maximum Gasteiger partial charge on any atom is 0.194 e. The van der Waals surface area contributed by atoms with E-state index in [-0.39, 0.29) is 0 Å². The SMILES string of the molecule is COc1ccccc1-c1nc2scc(C)n2c1CCN. The maximum atomic E-state index is 5.78. The molecule has 104 valence electrons. The number of aryl methyl sites for hydroxylation is 1. The van der Waals surface area contributed by atoms with Gasteiger partial charge in [-0.25, -0.2) is 4.98 Å². The Morgan fingerprint density at radius 2 is 2.15 bits per heavy atom. The van der Waals surface area contributed by atoms with E-state index in [1.807, 2.05) is 24.3 Å². The van der Waals surface area contributed by atoms with Crippen LogP contribution in [0.3, 0.4) is 0 Å². The summed E-state index contributed by atoms with van der Waals surface area (Å²) in [5.74, 6) is 0.842. The fourth-order valence-corrected chi connectivity index (χ4v) is 3.37. The minimum absolute atomic E-state index is 0.602. The molecule has 0 bridgehead atoms. The molecule has 0 aliphatic rings. The van der Waals surface area contributed by atoms with E-state index in [9.17, 15) is 0 Å². The van der Waals surface area contributed by atoms with Crippen molar-refractivity contribution in [2.45, 2.75) is 13.3 Å². The highest BCUT2D eigenvalue weighted by Crippen LogP contribution is 2.34. The lowest BCUT2D eigenvalue weighted by molar-refractivity contribution is 0.416. The number of nitrogens with zero attached hydrogens (tertiary/aromatic N) is 2. The number of aromatic nitrogens is 2. The van der Waals surface area contributed by atoms with Crippen molar-refractivity contribution < 1.29 is 4.74 Å². The van der Waals surface area contributed by atoms with Crippen molar-refractivity contribution in [3.63, 3.8) is 0 Å². The summed E-state index contributed by atoms with van der Waals surface area (Å²) in [7, 11) is 1.69. The lowest BCUT2D eigenvalue weighted by Gasteiger charge is -2.08. The summed E-state index contributed by atoms with van der Waals surface area (Å²) in [5, 5.41) is 2.12. The molecule has 2 aromatic heterocycles. The average Bonchev–Trinajstić information content (AvgIpc) is 3.01. The molecule has 1 aromatic carbocycles. The molecule has 2 N–H and O–H groups in total. The average molecular weight is 287 g/mol. The van der Waals surface area contributed by atoms with Crippen LogP contribution in [0, 0.1) is 6.92 Å². The minimum Gasteiger partial charge on any atom is -0.496 e. The van der Waals surface area contributed by atoms with Gasteiger partial charge in [0.25, 0.3) is 0 Å². The molecule has 2 heterocycles. The summed E-state index contributed by atoms with van der Waals surface area (Å²) in [6.07, 6.45) is 0.798. The third kappa shape index (κ3) is 1.99. The number of para-hydroxylation sites is 1. The summed E-state index contributed by atoms with van der Waals surface area (Å²) in [4.78, 5) is 5.78. The van der Waals surface area contributed by atoms with E-state index in [2.05, 4.69) is 16.7 Å². The van der Waals surface area contributed by atoms with Gasteiger partial charge in [-0.3, -0.25) is 4.40 Å². The van der Waals surface area contributed by atoms with E-state index >= 15 is 0 Å². The molecule has 0 saturated heterocycles. The van der Waals surface area contributed by atoms with Gasteiger partial charge in [0.15, 0.2) is 4.96 Å². The molecule has 0 spiro atoms. The number of nitrogens with two attached hydrogens (primary N) is 1. The van der Waals surface area contributed by atoms with Crippen molar-refractivity contribution in [1.82, 2.24) is 9.38 Å². The van der Waals surface area contributed by atoms with Crippen LogP contribution in [0.15, 0.2) is 29.6 Å². The zero-order valence-electron chi connectivity index (χ0n) is 11.6. The molecule has 0 aliphatic carbocycles. The first-order valence-corrected chi connectivity index (χ1v) is 7.43. The van der Waals surface area contributed by atoms with Gasteiger partial charge in [0, 0.05) is 23.1 Å². The molecule has 3 rings (SSSR count). The maximum absolute atomic E-state index is 5.78. The van der Waals surface area contributed by atoms with Crippen LogP contribution in [-0.2, 0) is 6.42 Å². The van der Waals surface area contributed by atoms with Gasteiger partial charge in [-0.05, 0) is 25.6 Å². The van der Waals surface area contributed by atoms with Gasteiger partial charge in [-0.2, -0.15) is 0 Å². The number of hydrogen-bond acceptors (Lipinski definition) is 4. The van der Waals surface area contributed by atoms with Crippen molar-refractivity contribution in [1.29, 1.82) is 0 Å². The van der Waals surface area contributed by atoms with E-state index in [0.29, 0.717) is 6.54 Å². The van der Waals surface area contributed by atoms with Crippen LogP contribution in [0.25, 0.3) is 16.2 Å². The molecule has 4 nitrogen and oxygen atoms in total. The molecule has 0 fully saturated rings. The second-order valence-electron chi connectivity index (χ2n) is 4.64. The predicted octanol–water partition coefficient (Wildman–Crippen LogP) is 2.88. The monoisotopic (exact) mass is 287 g/mol. The van der Waals surface area contributed by atoms with E-state index in [1.165, 1.54) is 5.69 Å². The first-order chi connectivity index (χ1) is 9.76. The number of rotatable bonds is 4. The van der Waals surface area contributed by atoms with Crippen LogP contribution in [0.5, 0.6) is 5.75 Å². The van der Waals surface area contributed by atoms with Crippen molar-refractivity contribution in [2.24, 2.45) is 5.73 Å². The molecular formula is C15H17N3OS. The number of imidazole rings is 1. The summed E-state index contributed by atoms with van der Waals surface area (Å²) in [6, 6.07) is 7.97. The molecule has 0 amide bonds. The topological polar surface area (TPSA) is 52.5 Å². The van der Waals surface area contributed by atoms with E-state index in [0.717, 1.165) is 34.1 Å². The van der Waals surface area contributed by atoms with Gasteiger partial charge in [-0.15, -0.1) is 11.3 Å². The molecule has 3 aromatic rings. The Kier molecular flexibility index (Phi) is 3.46. The highest BCUT2D eigenvalue weighted by atomic mass is 32.1. The molecular weight excluding hydrogens is 270 g/mol. The standard InChI is InChI=1S/C15H17N3OS/c1-10-9-20-15-17-14(12(7-8-16)18(10)15)11-5-3-4-6-13(11)19-2/h3-6,9H,7-8,16H2,1-2H3. The first kappa shape index (κ1) is 13.1. The zero-order chi connectivity index (χ0) is 14.1. The van der Waals surface area contributed by atoms with E-state index in [4.69, 9.17) is 15.5 Å². The molecule has 0 unspecified atom stereocenters. The van der Waals surface area contributed by atoms with Crippen LogP contribution >= 0.6 is 11.3 Å². The van der Waals surface area contributed by atoms with Gasteiger partial charge in [0.2, 0.25) is 0 Å². The van der Waals surface area contributed by atoms with Crippen LogP contribution in [0.1, 0.15) is 11.4 Å². The van der Waals surface area contributed by atoms with Gasteiger partial charge in [0.1, 0.15) is 5.75 Å². The number of fused-ring (bicyclic) bond motifs is 1. The Bertz CT molecular complexity index is 745. The third-order valence-electron chi connectivity index (χ3n) is 3.37. The molecule has 5 heteroatoms. The molecule has 0 aliphatic heterocycles. The highest BCUT2D eigenvalue weighted by molar-refractivity contribution is 7.15. The second-order valence-corrected chi connectivity index (χ2v) is 5.48. The Morgan fingerprint density at radius 3 is 2.90 bits per heavy atom. The Balaban J connectivity index is 2.27. The smallest absolute Gasteiger partial charge is 0.194 e. The van der Waals surface area contributed by atoms with Crippen LogP contribution in [0.4, 0.5) is 0 Å². The highest BCUT2D eigenvalue weighted by Gasteiger charge is 2.18. The fraction of sp³-hybridized carbons (Fsp3) is 0.267. The third-order valence-corrected chi connectivity index (χ3v) is 4.32. The zero-order valence-corrected chi connectivity index (χ0v) is 12.4. The van der Waals surface area contributed by atoms with Gasteiger partial charge in [0.05, 0.1) is 18.5 Å². The minimum atomic E-state index is 0.602. The molecule has 0 atom stereocenters. The fourth-order valence-electron chi connectivity index (χ4n) is 2.49. The number of hydrogen-bond donors (Lipinski definition) is 1. The van der Waals surface area contributed by atoms with Crippen molar-refractivity contribution >= 4 is 16.3 Å². The van der Waals surface area contributed by atoms with Crippen LogP contribution < -0.4 is 10.5 Å². The summed E-state index contributed by atoms with van der Waals surface area (Å²) in [6.45, 7) is 2.70. The van der Waals surface area contributed by atoms with Gasteiger partial charge < -0.3 is 10.5 Å². The van der Waals surface area contributed by atoms with E-state index in [1.54, 1.807) is 18.4 Å². The number of ether oxygens (including phenoxy) is 1.